The number of hydrogen-bond acceptors (Lipinski definition) is 3. The predicted molar refractivity (Wildman–Crippen MR) is 59.9 cm³/mol. The molecule has 1 aliphatic heterocycles. The highest BCUT2D eigenvalue weighted by Gasteiger charge is 2.31. The Balaban J connectivity index is 2.59. The van der Waals surface area contributed by atoms with Gasteiger partial charge in [0.25, 0.3) is 0 Å². The quantitative estimate of drug-likeness (QED) is 0.666. The van der Waals surface area contributed by atoms with Crippen molar-refractivity contribution in [1.82, 2.24) is 10.2 Å². The SMILES string of the molecule is C[C@@H]1NCCN(C(=O)OC(C)(C)C)[C@H]1C. The third kappa shape index (κ3) is 3.38. The summed E-state index contributed by atoms with van der Waals surface area (Å²) >= 11 is 0. The maximum absolute atomic E-state index is 11.8. The highest BCUT2D eigenvalue weighted by Crippen LogP contribution is 2.15. The number of piperazine rings is 1. The smallest absolute Gasteiger partial charge is 0.410 e. The lowest BCUT2D eigenvalue weighted by atomic mass is 10.1. The molecule has 15 heavy (non-hydrogen) atoms. The molecule has 1 heterocycles. The largest absolute Gasteiger partial charge is 0.444 e. The fraction of sp³-hybridized carbons (Fsp3) is 0.909. The number of hydrogen-bond donors (Lipinski definition) is 1. The van der Waals surface area contributed by atoms with E-state index in [2.05, 4.69) is 12.2 Å². The molecule has 2 atom stereocenters. The number of carbonyl (C=O) groups is 1. The molecule has 4 nitrogen and oxygen atoms in total. The topological polar surface area (TPSA) is 41.6 Å². The van der Waals surface area contributed by atoms with Crippen molar-refractivity contribution in [3.8, 4) is 0 Å². The monoisotopic (exact) mass is 214 g/mol. The Bertz CT molecular complexity index is 235. The molecule has 1 amide bonds. The van der Waals surface area contributed by atoms with Crippen molar-refractivity contribution in [3.63, 3.8) is 0 Å². The summed E-state index contributed by atoms with van der Waals surface area (Å²) in [6, 6.07) is 0.514. The van der Waals surface area contributed by atoms with Gasteiger partial charge in [0.05, 0.1) is 0 Å². The molecule has 4 heteroatoms. The first kappa shape index (κ1) is 12.3. The van der Waals surface area contributed by atoms with E-state index in [1.54, 1.807) is 4.90 Å². The first-order chi connectivity index (χ1) is 6.81. The third-order valence-electron chi connectivity index (χ3n) is 2.66. The van der Waals surface area contributed by atoms with E-state index < -0.39 is 5.60 Å². The van der Waals surface area contributed by atoms with E-state index >= 15 is 0 Å². The minimum atomic E-state index is -0.412. The summed E-state index contributed by atoms with van der Waals surface area (Å²) in [5.74, 6) is 0. The molecular weight excluding hydrogens is 192 g/mol. The van der Waals surface area contributed by atoms with Crippen molar-refractivity contribution in [3.05, 3.63) is 0 Å². The van der Waals surface area contributed by atoms with Crippen LogP contribution in [0.15, 0.2) is 0 Å². The molecular formula is C11H22N2O2. The summed E-state index contributed by atoms with van der Waals surface area (Å²) in [5.41, 5.74) is -0.412. The number of amides is 1. The molecule has 0 unspecified atom stereocenters. The minimum absolute atomic E-state index is 0.189. The van der Waals surface area contributed by atoms with E-state index in [0.717, 1.165) is 13.1 Å². The van der Waals surface area contributed by atoms with Crippen LogP contribution in [-0.4, -0.2) is 41.8 Å². The van der Waals surface area contributed by atoms with Crippen LogP contribution in [-0.2, 0) is 4.74 Å². The number of rotatable bonds is 0. The molecule has 1 aliphatic rings. The molecule has 0 aromatic heterocycles. The molecule has 1 fully saturated rings. The second-order valence-corrected chi connectivity index (χ2v) is 5.16. The van der Waals surface area contributed by atoms with Crippen LogP contribution < -0.4 is 5.32 Å². The van der Waals surface area contributed by atoms with E-state index in [1.165, 1.54) is 0 Å². The molecule has 0 radical (unpaired) electrons. The Labute approximate surface area is 92.0 Å². The molecule has 0 aromatic carbocycles. The minimum Gasteiger partial charge on any atom is -0.444 e. The third-order valence-corrected chi connectivity index (χ3v) is 2.66. The zero-order valence-electron chi connectivity index (χ0n) is 10.3. The predicted octanol–water partition coefficient (Wildman–Crippen LogP) is 1.60. The van der Waals surface area contributed by atoms with Crippen LogP contribution in [0.1, 0.15) is 34.6 Å². The molecule has 0 aromatic rings. The van der Waals surface area contributed by atoms with Crippen LogP contribution in [0, 0.1) is 0 Å². The zero-order chi connectivity index (χ0) is 11.6. The van der Waals surface area contributed by atoms with Crippen molar-refractivity contribution >= 4 is 6.09 Å². The van der Waals surface area contributed by atoms with Crippen molar-refractivity contribution in [2.45, 2.75) is 52.3 Å². The van der Waals surface area contributed by atoms with E-state index in [4.69, 9.17) is 4.74 Å². The van der Waals surface area contributed by atoms with Gasteiger partial charge in [0, 0.05) is 25.2 Å². The van der Waals surface area contributed by atoms with Crippen LogP contribution in [0.2, 0.25) is 0 Å². The van der Waals surface area contributed by atoms with Crippen molar-refractivity contribution in [2.75, 3.05) is 13.1 Å². The summed E-state index contributed by atoms with van der Waals surface area (Å²) < 4.78 is 5.36. The zero-order valence-corrected chi connectivity index (χ0v) is 10.3. The molecule has 1 rings (SSSR count). The van der Waals surface area contributed by atoms with Gasteiger partial charge in [-0.1, -0.05) is 0 Å². The molecule has 88 valence electrons. The molecule has 0 aliphatic carbocycles. The number of nitrogens with zero attached hydrogens (tertiary/aromatic N) is 1. The van der Waals surface area contributed by atoms with E-state index in [9.17, 15) is 4.79 Å². The number of nitrogens with one attached hydrogen (secondary N) is 1. The van der Waals surface area contributed by atoms with Crippen molar-refractivity contribution in [1.29, 1.82) is 0 Å². The highest BCUT2D eigenvalue weighted by atomic mass is 16.6. The van der Waals surface area contributed by atoms with Crippen LogP contribution in [0.5, 0.6) is 0 Å². The molecule has 0 saturated carbocycles. The maximum Gasteiger partial charge on any atom is 0.410 e. The van der Waals surface area contributed by atoms with E-state index in [1.807, 2.05) is 27.7 Å². The Morgan fingerprint density at radius 2 is 2.00 bits per heavy atom. The Hall–Kier alpha value is -0.770. The van der Waals surface area contributed by atoms with Gasteiger partial charge in [-0.3, -0.25) is 0 Å². The van der Waals surface area contributed by atoms with Crippen LogP contribution >= 0.6 is 0 Å². The summed E-state index contributed by atoms with van der Waals surface area (Å²) in [7, 11) is 0. The summed E-state index contributed by atoms with van der Waals surface area (Å²) in [6.45, 7) is 11.4. The van der Waals surface area contributed by atoms with Gasteiger partial charge in [0.1, 0.15) is 5.60 Å². The van der Waals surface area contributed by atoms with Gasteiger partial charge in [-0.05, 0) is 34.6 Å². The number of carbonyl (C=O) groups excluding carboxylic acids is 1. The van der Waals surface area contributed by atoms with E-state index in [0.29, 0.717) is 6.04 Å². The van der Waals surface area contributed by atoms with E-state index in [-0.39, 0.29) is 12.1 Å². The van der Waals surface area contributed by atoms with Gasteiger partial charge in [-0.25, -0.2) is 4.79 Å². The number of ether oxygens (including phenoxy) is 1. The van der Waals surface area contributed by atoms with Crippen LogP contribution in [0.3, 0.4) is 0 Å². The standard InChI is InChI=1S/C11H22N2O2/c1-8-9(2)13(7-6-12-8)10(14)15-11(3,4)5/h8-9,12H,6-7H2,1-5H3/t8-,9-/m0/s1. The Kier molecular flexibility index (Phi) is 3.60. The van der Waals surface area contributed by atoms with Crippen molar-refractivity contribution < 1.29 is 9.53 Å². The average Bonchev–Trinajstić information content (AvgIpc) is 2.06. The second-order valence-electron chi connectivity index (χ2n) is 5.16. The van der Waals surface area contributed by atoms with Crippen LogP contribution in [0.4, 0.5) is 4.79 Å². The molecule has 0 bridgehead atoms. The lowest BCUT2D eigenvalue weighted by Crippen LogP contribution is -2.57. The summed E-state index contributed by atoms with van der Waals surface area (Å²) in [4.78, 5) is 13.6. The molecule has 0 spiro atoms. The fourth-order valence-electron chi connectivity index (χ4n) is 1.63. The summed E-state index contributed by atoms with van der Waals surface area (Å²) in [5, 5.41) is 3.33. The maximum atomic E-state index is 11.8. The normalized spacial score (nSPS) is 27.7. The van der Waals surface area contributed by atoms with Crippen molar-refractivity contribution in [2.24, 2.45) is 0 Å². The first-order valence-electron chi connectivity index (χ1n) is 5.54. The van der Waals surface area contributed by atoms with Gasteiger partial charge in [0.2, 0.25) is 0 Å². The Morgan fingerprint density at radius 1 is 1.40 bits per heavy atom. The first-order valence-corrected chi connectivity index (χ1v) is 5.54. The Morgan fingerprint density at radius 3 is 2.53 bits per heavy atom. The average molecular weight is 214 g/mol. The summed E-state index contributed by atoms with van der Waals surface area (Å²) in [6.07, 6.45) is -0.205. The second kappa shape index (κ2) is 4.39. The van der Waals surface area contributed by atoms with Gasteiger partial charge in [-0.15, -0.1) is 0 Å². The van der Waals surface area contributed by atoms with Gasteiger partial charge in [0.15, 0.2) is 0 Å². The van der Waals surface area contributed by atoms with Gasteiger partial charge >= 0.3 is 6.09 Å². The molecule has 1 saturated heterocycles. The lowest BCUT2D eigenvalue weighted by molar-refractivity contribution is 0.00927. The highest BCUT2D eigenvalue weighted by molar-refractivity contribution is 5.68. The van der Waals surface area contributed by atoms with Gasteiger partial charge < -0.3 is 15.0 Å². The van der Waals surface area contributed by atoms with Gasteiger partial charge in [-0.2, -0.15) is 0 Å². The van der Waals surface area contributed by atoms with Crippen LogP contribution in [0.25, 0.3) is 0 Å². The lowest BCUT2D eigenvalue weighted by Gasteiger charge is -2.39. The fourth-order valence-corrected chi connectivity index (χ4v) is 1.63. The molecule has 1 N–H and O–H groups in total.